The molecule has 2 aromatic rings. The van der Waals surface area contributed by atoms with Crippen molar-refractivity contribution in [2.45, 2.75) is 19.5 Å². The Bertz CT molecular complexity index is 899. The van der Waals surface area contributed by atoms with Gasteiger partial charge >= 0.3 is 6.18 Å². The average Bonchev–Trinajstić information content (AvgIpc) is 2.68. The van der Waals surface area contributed by atoms with Gasteiger partial charge in [-0.1, -0.05) is 12.1 Å². The Hall–Kier alpha value is -3.17. The fraction of sp³-hybridized carbons (Fsp3) is 0.300. The highest BCUT2D eigenvalue weighted by Crippen LogP contribution is 2.21. The van der Waals surface area contributed by atoms with Crippen molar-refractivity contribution in [1.82, 2.24) is 10.6 Å². The molecule has 0 aliphatic heterocycles. The van der Waals surface area contributed by atoms with Gasteiger partial charge in [-0.25, -0.2) is 8.78 Å². The lowest BCUT2D eigenvalue weighted by Crippen LogP contribution is -2.34. The van der Waals surface area contributed by atoms with E-state index in [0.29, 0.717) is 13.0 Å². The molecule has 0 aliphatic carbocycles. The summed E-state index contributed by atoms with van der Waals surface area (Å²) in [4.78, 5) is 23.8. The Labute approximate surface area is 169 Å². The van der Waals surface area contributed by atoms with E-state index in [1.165, 1.54) is 25.1 Å². The topological polar surface area (TPSA) is 70.2 Å². The third kappa shape index (κ3) is 7.34. The van der Waals surface area contributed by atoms with Crippen LogP contribution in [0.2, 0.25) is 0 Å². The van der Waals surface area contributed by atoms with Crippen molar-refractivity contribution in [3.63, 3.8) is 0 Å². The fourth-order valence-corrected chi connectivity index (χ4v) is 2.51. The molecular formula is C20H20F5N3O2. The molecule has 30 heavy (non-hydrogen) atoms. The van der Waals surface area contributed by atoms with Gasteiger partial charge in [-0.2, -0.15) is 13.2 Å². The lowest BCUT2D eigenvalue weighted by molar-refractivity contribution is -0.123. The van der Waals surface area contributed by atoms with Crippen LogP contribution in [0.4, 0.5) is 27.6 Å². The first-order valence-electron chi connectivity index (χ1n) is 8.95. The van der Waals surface area contributed by atoms with Crippen LogP contribution in [0.25, 0.3) is 0 Å². The SMILES string of the molecule is Cc1c(F)cc(C(=O)NCC(F)(F)F)cc1NCC(=O)NCCc1ccc(F)cc1. The Morgan fingerprint density at radius 3 is 2.30 bits per heavy atom. The number of benzene rings is 2. The second-order valence-electron chi connectivity index (χ2n) is 6.51. The minimum Gasteiger partial charge on any atom is -0.376 e. The number of rotatable bonds is 8. The lowest BCUT2D eigenvalue weighted by atomic mass is 10.1. The van der Waals surface area contributed by atoms with E-state index >= 15 is 0 Å². The van der Waals surface area contributed by atoms with E-state index < -0.39 is 30.4 Å². The number of amides is 2. The Morgan fingerprint density at radius 1 is 1.00 bits per heavy atom. The van der Waals surface area contributed by atoms with Crippen LogP contribution < -0.4 is 16.0 Å². The number of carbonyl (C=O) groups is 2. The molecule has 0 atom stereocenters. The smallest absolute Gasteiger partial charge is 0.376 e. The van der Waals surface area contributed by atoms with E-state index in [-0.39, 0.29) is 29.2 Å². The first kappa shape index (κ1) is 23.1. The van der Waals surface area contributed by atoms with E-state index in [9.17, 15) is 31.5 Å². The predicted molar refractivity (Wildman–Crippen MR) is 101 cm³/mol. The van der Waals surface area contributed by atoms with E-state index in [4.69, 9.17) is 0 Å². The molecule has 3 N–H and O–H groups in total. The monoisotopic (exact) mass is 429 g/mol. The lowest BCUT2D eigenvalue weighted by Gasteiger charge is -2.13. The molecule has 0 aliphatic rings. The van der Waals surface area contributed by atoms with Crippen molar-refractivity contribution < 1.29 is 31.5 Å². The number of nitrogens with one attached hydrogen (secondary N) is 3. The van der Waals surface area contributed by atoms with Gasteiger partial charge in [-0.15, -0.1) is 0 Å². The molecule has 2 amide bonds. The third-order valence-corrected chi connectivity index (χ3v) is 4.14. The fourth-order valence-electron chi connectivity index (χ4n) is 2.51. The summed E-state index contributed by atoms with van der Waals surface area (Å²) in [6.07, 6.45) is -4.11. The molecule has 0 aromatic heterocycles. The van der Waals surface area contributed by atoms with Gasteiger partial charge in [0.2, 0.25) is 5.91 Å². The summed E-state index contributed by atoms with van der Waals surface area (Å²) >= 11 is 0. The number of hydrogen-bond acceptors (Lipinski definition) is 3. The largest absolute Gasteiger partial charge is 0.405 e. The van der Waals surface area contributed by atoms with Crippen LogP contribution in [-0.4, -0.2) is 37.6 Å². The molecule has 162 valence electrons. The summed E-state index contributed by atoms with van der Waals surface area (Å²) in [5.74, 6) is -2.65. The van der Waals surface area contributed by atoms with Crippen LogP contribution in [0, 0.1) is 18.6 Å². The van der Waals surface area contributed by atoms with Crippen LogP contribution >= 0.6 is 0 Å². The van der Waals surface area contributed by atoms with Crippen molar-refractivity contribution in [2.24, 2.45) is 0 Å². The summed E-state index contributed by atoms with van der Waals surface area (Å²) in [5, 5.41) is 6.97. The summed E-state index contributed by atoms with van der Waals surface area (Å²) in [6.45, 7) is -0.0846. The van der Waals surface area contributed by atoms with Crippen molar-refractivity contribution in [3.05, 3.63) is 64.7 Å². The van der Waals surface area contributed by atoms with E-state index in [2.05, 4.69) is 10.6 Å². The van der Waals surface area contributed by atoms with Crippen LogP contribution in [0.3, 0.4) is 0 Å². The zero-order chi connectivity index (χ0) is 22.3. The second kappa shape index (κ2) is 10.0. The summed E-state index contributed by atoms with van der Waals surface area (Å²) in [5.41, 5.74) is 0.754. The van der Waals surface area contributed by atoms with Gasteiger partial charge in [-0.3, -0.25) is 9.59 Å². The standard InChI is InChI=1S/C20H20F5N3O2/c1-12-16(22)8-14(19(30)28-11-20(23,24)25)9-17(12)27-10-18(29)26-7-6-13-2-4-15(21)5-3-13/h2-5,8-9,27H,6-7,10-11H2,1H3,(H,26,29)(H,28,30). The van der Waals surface area contributed by atoms with Gasteiger partial charge < -0.3 is 16.0 Å². The molecule has 0 saturated heterocycles. The maximum absolute atomic E-state index is 14.0. The number of halogens is 5. The molecule has 0 fully saturated rings. The number of carbonyl (C=O) groups excluding carboxylic acids is 2. The molecule has 10 heteroatoms. The zero-order valence-corrected chi connectivity index (χ0v) is 16.0. The van der Waals surface area contributed by atoms with Crippen LogP contribution in [-0.2, 0) is 11.2 Å². The zero-order valence-electron chi connectivity index (χ0n) is 16.0. The number of alkyl halides is 3. The Kier molecular flexibility index (Phi) is 7.73. The second-order valence-corrected chi connectivity index (χ2v) is 6.51. The van der Waals surface area contributed by atoms with Crippen LogP contribution in [0.5, 0.6) is 0 Å². The molecule has 5 nitrogen and oxygen atoms in total. The predicted octanol–water partition coefficient (Wildman–Crippen LogP) is 3.34. The first-order valence-corrected chi connectivity index (χ1v) is 8.95. The van der Waals surface area contributed by atoms with Gasteiger partial charge in [0.1, 0.15) is 18.2 Å². The molecule has 0 radical (unpaired) electrons. The number of hydrogen-bond donors (Lipinski definition) is 3. The van der Waals surface area contributed by atoms with E-state index in [0.717, 1.165) is 11.6 Å². The molecule has 2 aromatic carbocycles. The highest BCUT2D eigenvalue weighted by molar-refractivity contribution is 5.95. The summed E-state index contributed by atoms with van der Waals surface area (Å²) in [6, 6.07) is 7.83. The normalized spacial score (nSPS) is 11.1. The molecule has 0 bridgehead atoms. The van der Waals surface area contributed by atoms with Crippen molar-refractivity contribution in [2.75, 3.05) is 25.0 Å². The number of anilines is 1. The molecule has 0 unspecified atom stereocenters. The molecular weight excluding hydrogens is 409 g/mol. The van der Waals surface area contributed by atoms with Crippen molar-refractivity contribution in [3.8, 4) is 0 Å². The summed E-state index contributed by atoms with van der Waals surface area (Å²) in [7, 11) is 0. The van der Waals surface area contributed by atoms with Gasteiger partial charge in [0.05, 0.1) is 6.54 Å². The first-order chi connectivity index (χ1) is 14.0. The van der Waals surface area contributed by atoms with E-state index in [1.807, 2.05) is 0 Å². The maximum Gasteiger partial charge on any atom is 0.405 e. The quantitative estimate of drug-likeness (QED) is 0.564. The Morgan fingerprint density at radius 2 is 1.67 bits per heavy atom. The maximum atomic E-state index is 14.0. The van der Waals surface area contributed by atoms with Gasteiger partial charge in [0.25, 0.3) is 5.91 Å². The highest BCUT2D eigenvalue weighted by atomic mass is 19.4. The molecule has 0 heterocycles. The van der Waals surface area contributed by atoms with Gasteiger partial charge in [0.15, 0.2) is 0 Å². The average molecular weight is 429 g/mol. The Balaban J connectivity index is 1.90. The minimum absolute atomic E-state index is 0.112. The molecule has 0 spiro atoms. The van der Waals surface area contributed by atoms with Crippen LogP contribution in [0.15, 0.2) is 36.4 Å². The van der Waals surface area contributed by atoms with Gasteiger partial charge in [0, 0.05) is 23.4 Å². The van der Waals surface area contributed by atoms with Crippen molar-refractivity contribution >= 4 is 17.5 Å². The minimum atomic E-state index is -4.59. The third-order valence-electron chi connectivity index (χ3n) is 4.14. The molecule has 2 rings (SSSR count). The van der Waals surface area contributed by atoms with Gasteiger partial charge in [-0.05, 0) is 43.2 Å². The summed E-state index contributed by atoms with van der Waals surface area (Å²) < 4.78 is 63.6. The van der Waals surface area contributed by atoms with Crippen LogP contribution in [0.1, 0.15) is 21.5 Å². The van der Waals surface area contributed by atoms with Crippen molar-refractivity contribution in [1.29, 1.82) is 0 Å². The molecule has 0 saturated carbocycles. The van der Waals surface area contributed by atoms with E-state index in [1.54, 1.807) is 17.4 Å². The highest BCUT2D eigenvalue weighted by Gasteiger charge is 2.28.